The molecule has 0 saturated heterocycles. The number of amides is 2. The molecule has 120 valence electrons. The van der Waals surface area contributed by atoms with Gasteiger partial charge in [0, 0.05) is 24.8 Å². The third-order valence-electron chi connectivity index (χ3n) is 3.09. The summed E-state index contributed by atoms with van der Waals surface area (Å²) in [5.74, 6) is -1.15. The van der Waals surface area contributed by atoms with Crippen molar-refractivity contribution in [2.24, 2.45) is 0 Å². The van der Waals surface area contributed by atoms with Crippen LogP contribution in [0, 0.1) is 5.82 Å². The number of likely N-dealkylation sites (N-methyl/N-ethyl adjacent to an activating group) is 1. The summed E-state index contributed by atoms with van der Waals surface area (Å²) in [5, 5.41) is 2.87. The molecule has 2 rings (SSSR count). The van der Waals surface area contributed by atoms with Crippen LogP contribution >= 0.6 is 11.6 Å². The van der Waals surface area contributed by atoms with Crippen LogP contribution in [0.5, 0.6) is 0 Å². The molecule has 0 fully saturated rings. The molecule has 2 aromatic rings. The molecule has 23 heavy (non-hydrogen) atoms. The van der Waals surface area contributed by atoms with Gasteiger partial charge in [0.15, 0.2) is 0 Å². The van der Waals surface area contributed by atoms with Gasteiger partial charge in [0.05, 0.1) is 6.54 Å². The van der Waals surface area contributed by atoms with E-state index < -0.39 is 5.91 Å². The second kappa shape index (κ2) is 7.69. The number of pyridine rings is 1. The molecule has 1 heterocycles. The highest BCUT2D eigenvalue weighted by molar-refractivity contribution is 6.30. The number of halogens is 2. The molecule has 0 saturated carbocycles. The highest BCUT2D eigenvalue weighted by Crippen LogP contribution is 2.08. The number of carbonyl (C=O) groups excluding carboxylic acids is 2. The lowest BCUT2D eigenvalue weighted by Crippen LogP contribution is -2.38. The maximum absolute atomic E-state index is 13.1. The van der Waals surface area contributed by atoms with Crippen LogP contribution in [-0.4, -0.2) is 35.3 Å². The van der Waals surface area contributed by atoms with E-state index in [1.165, 1.54) is 29.3 Å². The van der Waals surface area contributed by atoms with Crippen molar-refractivity contribution in [2.45, 2.75) is 6.54 Å². The Bertz CT molecular complexity index is 724. The number of hydrogen-bond acceptors (Lipinski definition) is 3. The lowest BCUT2D eigenvalue weighted by Gasteiger charge is -2.17. The molecule has 1 aromatic heterocycles. The summed E-state index contributed by atoms with van der Waals surface area (Å²) in [7, 11) is 1.58. The Morgan fingerprint density at radius 2 is 2.09 bits per heavy atom. The third kappa shape index (κ3) is 5.03. The molecule has 0 atom stereocenters. The van der Waals surface area contributed by atoms with Gasteiger partial charge in [-0.1, -0.05) is 23.7 Å². The molecule has 0 aliphatic rings. The van der Waals surface area contributed by atoms with Gasteiger partial charge < -0.3 is 10.2 Å². The fourth-order valence-electron chi connectivity index (χ4n) is 1.91. The summed E-state index contributed by atoms with van der Waals surface area (Å²) in [6.07, 6.45) is 1.41. The molecule has 0 radical (unpaired) electrons. The number of nitrogens with one attached hydrogen (secondary N) is 1. The third-order valence-corrected chi connectivity index (χ3v) is 3.32. The summed E-state index contributed by atoms with van der Waals surface area (Å²) < 4.78 is 13.1. The van der Waals surface area contributed by atoms with Gasteiger partial charge in [-0.15, -0.1) is 0 Å². The molecule has 0 aliphatic heterocycles. The van der Waals surface area contributed by atoms with Gasteiger partial charge in [0.1, 0.15) is 11.5 Å². The number of hydrogen-bond donors (Lipinski definition) is 1. The number of carbonyl (C=O) groups is 2. The first-order valence-electron chi connectivity index (χ1n) is 6.84. The Morgan fingerprint density at radius 3 is 2.78 bits per heavy atom. The zero-order chi connectivity index (χ0) is 16.8. The first kappa shape index (κ1) is 16.9. The fourth-order valence-corrected chi connectivity index (χ4v) is 2.07. The Balaban J connectivity index is 1.87. The second-order valence-corrected chi connectivity index (χ2v) is 5.36. The number of rotatable bonds is 5. The zero-order valence-corrected chi connectivity index (χ0v) is 13.2. The van der Waals surface area contributed by atoms with E-state index in [0.717, 1.165) is 0 Å². The molecular formula is C16H15ClFN3O2. The van der Waals surface area contributed by atoms with Gasteiger partial charge in [-0.2, -0.15) is 0 Å². The summed E-state index contributed by atoms with van der Waals surface area (Å²) >= 11 is 5.78. The largest absolute Gasteiger partial charge is 0.342 e. The van der Waals surface area contributed by atoms with Crippen LogP contribution in [0.25, 0.3) is 0 Å². The highest BCUT2D eigenvalue weighted by atomic mass is 35.5. The summed E-state index contributed by atoms with van der Waals surface area (Å²) in [6, 6.07) is 8.97. The predicted octanol–water partition coefficient (Wildman–Crippen LogP) is 2.26. The predicted molar refractivity (Wildman–Crippen MR) is 84.5 cm³/mol. The van der Waals surface area contributed by atoms with Crippen molar-refractivity contribution in [3.8, 4) is 0 Å². The van der Waals surface area contributed by atoms with E-state index in [-0.39, 0.29) is 30.5 Å². The second-order valence-electron chi connectivity index (χ2n) is 4.92. The molecule has 5 nitrogen and oxygen atoms in total. The van der Waals surface area contributed by atoms with Crippen LogP contribution in [0.15, 0.2) is 42.6 Å². The molecule has 0 bridgehead atoms. The van der Waals surface area contributed by atoms with Gasteiger partial charge in [-0.05, 0) is 29.8 Å². The standard InChI is InChI=1S/C16H15ClFN3O2/c1-21(10-11-3-2-4-13(18)7-11)15(22)9-20-16(23)14-8-12(17)5-6-19-14/h2-8H,9-10H2,1H3,(H,20,23). The van der Waals surface area contributed by atoms with Gasteiger partial charge in [-0.25, -0.2) is 4.39 Å². The lowest BCUT2D eigenvalue weighted by molar-refractivity contribution is -0.129. The Kier molecular flexibility index (Phi) is 5.65. The molecule has 7 heteroatoms. The van der Waals surface area contributed by atoms with Crippen molar-refractivity contribution in [3.05, 3.63) is 64.7 Å². The molecule has 0 aliphatic carbocycles. The molecule has 0 unspecified atom stereocenters. The molecule has 0 spiro atoms. The zero-order valence-electron chi connectivity index (χ0n) is 12.4. The van der Waals surface area contributed by atoms with Crippen LogP contribution in [0.1, 0.15) is 16.1 Å². The number of nitrogens with zero attached hydrogens (tertiary/aromatic N) is 2. The summed E-state index contributed by atoms with van der Waals surface area (Å²) in [5.41, 5.74) is 0.807. The maximum atomic E-state index is 13.1. The van der Waals surface area contributed by atoms with Gasteiger partial charge in [0.2, 0.25) is 5.91 Å². The molecule has 1 N–H and O–H groups in total. The lowest BCUT2D eigenvalue weighted by atomic mass is 10.2. The van der Waals surface area contributed by atoms with E-state index in [4.69, 9.17) is 11.6 Å². The quantitative estimate of drug-likeness (QED) is 0.911. The van der Waals surface area contributed by atoms with E-state index in [2.05, 4.69) is 10.3 Å². The van der Waals surface area contributed by atoms with Crippen molar-refractivity contribution in [2.75, 3.05) is 13.6 Å². The van der Waals surface area contributed by atoms with E-state index in [9.17, 15) is 14.0 Å². The smallest absolute Gasteiger partial charge is 0.270 e. The van der Waals surface area contributed by atoms with E-state index in [1.807, 2.05) is 0 Å². The Morgan fingerprint density at radius 1 is 1.30 bits per heavy atom. The average molecular weight is 336 g/mol. The van der Waals surface area contributed by atoms with Crippen molar-refractivity contribution in [3.63, 3.8) is 0 Å². The topological polar surface area (TPSA) is 62.3 Å². The molecule has 1 aromatic carbocycles. The number of aromatic nitrogens is 1. The minimum atomic E-state index is -0.486. The first-order valence-corrected chi connectivity index (χ1v) is 7.21. The van der Waals surface area contributed by atoms with E-state index >= 15 is 0 Å². The minimum Gasteiger partial charge on any atom is -0.342 e. The first-order chi connectivity index (χ1) is 11.0. The van der Waals surface area contributed by atoms with Crippen LogP contribution in [0.2, 0.25) is 5.02 Å². The van der Waals surface area contributed by atoms with Crippen molar-refractivity contribution in [1.82, 2.24) is 15.2 Å². The van der Waals surface area contributed by atoms with E-state index in [1.54, 1.807) is 25.2 Å². The number of benzene rings is 1. The van der Waals surface area contributed by atoms with Crippen LogP contribution in [0.4, 0.5) is 4.39 Å². The Hall–Kier alpha value is -2.47. The average Bonchev–Trinajstić information content (AvgIpc) is 2.52. The monoisotopic (exact) mass is 335 g/mol. The van der Waals surface area contributed by atoms with E-state index in [0.29, 0.717) is 10.6 Å². The van der Waals surface area contributed by atoms with Crippen LogP contribution in [-0.2, 0) is 11.3 Å². The van der Waals surface area contributed by atoms with Gasteiger partial charge in [0.25, 0.3) is 5.91 Å². The van der Waals surface area contributed by atoms with Crippen LogP contribution < -0.4 is 5.32 Å². The Labute approximate surface area is 138 Å². The van der Waals surface area contributed by atoms with Crippen molar-refractivity contribution < 1.29 is 14.0 Å². The summed E-state index contributed by atoms with van der Waals surface area (Å²) in [6.45, 7) is 0.0702. The highest BCUT2D eigenvalue weighted by Gasteiger charge is 2.13. The molecule has 2 amide bonds. The maximum Gasteiger partial charge on any atom is 0.270 e. The van der Waals surface area contributed by atoms with Crippen molar-refractivity contribution >= 4 is 23.4 Å². The fraction of sp³-hybridized carbons (Fsp3) is 0.188. The SMILES string of the molecule is CN(Cc1cccc(F)c1)C(=O)CNC(=O)c1cc(Cl)ccn1. The normalized spacial score (nSPS) is 10.2. The summed E-state index contributed by atoms with van der Waals surface area (Å²) in [4.78, 5) is 29.2. The van der Waals surface area contributed by atoms with Crippen LogP contribution in [0.3, 0.4) is 0 Å². The molecular weight excluding hydrogens is 321 g/mol. The van der Waals surface area contributed by atoms with Crippen molar-refractivity contribution in [1.29, 1.82) is 0 Å². The minimum absolute atomic E-state index is 0.137. The van der Waals surface area contributed by atoms with Gasteiger partial charge in [-0.3, -0.25) is 14.6 Å². The van der Waals surface area contributed by atoms with Gasteiger partial charge >= 0.3 is 0 Å².